The third-order valence-corrected chi connectivity index (χ3v) is 3.43. The number of nitrogen functional groups attached to an aromatic ring is 1. The highest BCUT2D eigenvalue weighted by Gasteiger charge is 2.20. The molecule has 0 radical (unpaired) electrons. The fourth-order valence-electron chi connectivity index (χ4n) is 2.47. The molecule has 2 N–H and O–H groups in total. The lowest BCUT2D eigenvalue weighted by Gasteiger charge is -2.34. The van der Waals surface area contributed by atoms with Gasteiger partial charge in [-0.15, -0.1) is 0 Å². The van der Waals surface area contributed by atoms with Gasteiger partial charge in [-0.3, -0.25) is 9.88 Å². The maximum atomic E-state index is 5.64. The van der Waals surface area contributed by atoms with Crippen LogP contribution in [0, 0.1) is 0 Å². The van der Waals surface area contributed by atoms with Gasteiger partial charge in [0.25, 0.3) is 0 Å². The average molecular weight is 219 g/mol. The van der Waals surface area contributed by atoms with Crippen LogP contribution < -0.4 is 5.73 Å². The Morgan fingerprint density at radius 2 is 2.31 bits per heavy atom. The van der Waals surface area contributed by atoms with E-state index >= 15 is 0 Å². The number of nitrogens with two attached hydrogens (primary N) is 1. The third-order valence-electron chi connectivity index (χ3n) is 3.43. The molecule has 0 aromatic carbocycles. The predicted molar refractivity (Wildman–Crippen MR) is 67.0 cm³/mol. The molecule has 1 aliphatic heterocycles. The molecule has 0 aliphatic carbocycles. The van der Waals surface area contributed by atoms with Gasteiger partial charge in [-0.1, -0.05) is 13.3 Å². The predicted octanol–water partition coefficient (Wildman–Crippen LogP) is 2.43. The van der Waals surface area contributed by atoms with Gasteiger partial charge in [-0.05, 0) is 37.9 Å². The molecular formula is C13H21N3. The molecule has 1 aliphatic rings. The summed E-state index contributed by atoms with van der Waals surface area (Å²) >= 11 is 0. The Morgan fingerprint density at radius 3 is 3.00 bits per heavy atom. The van der Waals surface area contributed by atoms with Crippen molar-refractivity contribution in [2.24, 2.45) is 0 Å². The number of aromatic nitrogens is 1. The molecule has 16 heavy (non-hydrogen) atoms. The summed E-state index contributed by atoms with van der Waals surface area (Å²) in [4.78, 5) is 6.93. The number of likely N-dealkylation sites (tertiary alicyclic amines) is 1. The minimum atomic E-state index is 0.744. The molecule has 0 saturated carbocycles. The zero-order chi connectivity index (χ0) is 11.4. The second-order valence-electron chi connectivity index (χ2n) is 4.61. The molecule has 88 valence electrons. The van der Waals surface area contributed by atoms with Crippen LogP contribution in [-0.2, 0) is 6.54 Å². The SMILES string of the molecule is CCC1CCCCN1Cc1ccc(N)cn1. The van der Waals surface area contributed by atoms with Crippen LogP contribution in [-0.4, -0.2) is 22.5 Å². The van der Waals surface area contributed by atoms with Crippen LogP contribution >= 0.6 is 0 Å². The molecule has 2 heterocycles. The number of anilines is 1. The van der Waals surface area contributed by atoms with E-state index in [4.69, 9.17) is 5.73 Å². The number of hydrogen-bond acceptors (Lipinski definition) is 3. The van der Waals surface area contributed by atoms with Gasteiger partial charge in [0, 0.05) is 12.6 Å². The molecule has 2 rings (SSSR count). The van der Waals surface area contributed by atoms with Crippen LogP contribution in [0.4, 0.5) is 5.69 Å². The summed E-state index contributed by atoms with van der Waals surface area (Å²) in [6.45, 7) is 4.46. The Balaban J connectivity index is 1.99. The fourth-order valence-corrected chi connectivity index (χ4v) is 2.47. The summed E-state index contributed by atoms with van der Waals surface area (Å²) in [7, 11) is 0. The molecule has 3 heteroatoms. The highest BCUT2D eigenvalue weighted by atomic mass is 15.2. The molecule has 1 unspecified atom stereocenters. The van der Waals surface area contributed by atoms with E-state index in [0.717, 1.165) is 24.0 Å². The standard InChI is InChI=1S/C13H21N3/c1-2-13-5-3-4-8-16(13)10-12-7-6-11(14)9-15-12/h6-7,9,13H,2-5,8,10,14H2,1H3. The zero-order valence-corrected chi connectivity index (χ0v) is 10.0. The third kappa shape index (κ3) is 2.73. The summed E-state index contributed by atoms with van der Waals surface area (Å²) in [5, 5.41) is 0. The van der Waals surface area contributed by atoms with Crippen molar-refractivity contribution in [2.75, 3.05) is 12.3 Å². The van der Waals surface area contributed by atoms with E-state index in [1.165, 1.54) is 32.2 Å². The lowest BCUT2D eigenvalue weighted by molar-refractivity contribution is 0.134. The van der Waals surface area contributed by atoms with Gasteiger partial charge in [0.1, 0.15) is 0 Å². The Bertz CT molecular complexity index is 320. The summed E-state index contributed by atoms with van der Waals surface area (Å²) in [6, 6.07) is 4.72. The first kappa shape index (κ1) is 11.4. The number of rotatable bonds is 3. The largest absolute Gasteiger partial charge is 0.397 e. The Morgan fingerprint density at radius 1 is 1.44 bits per heavy atom. The maximum absolute atomic E-state index is 5.64. The van der Waals surface area contributed by atoms with Crippen molar-refractivity contribution in [3.05, 3.63) is 24.0 Å². The van der Waals surface area contributed by atoms with Crippen molar-refractivity contribution in [3.8, 4) is 0 Å². The van der Waals surface area contributed by atoms with Crippen molar-refractivity contribution < 1.29 is 0 Å². The van der Waals surface area contributed by atoms with Gasteiger partial charge in [-0.2, -0.15) is 0 Å². The number of nitrogens with zero attached hydrogens (tertiary/aromatic N) is 2. The first-order valence-corrected chi connectivity index (χ1v) is 6.24. The normalized spacial score (nSPS) is 22.2. The summed E-state index contributed by atoms with van der Waals surface area (Å²) in [6.07, 6.45) is 7.04. The minimum absolute atomic E-state index is 0.744. The molecule has 1 aromatic rings. The van der Waals surface area contributed by atoms with Gasteiger partial charge in [0.15, 0.2) is 0 Å². The first-order valence-electron chi connectivity index (χ1n) is 6.24. The minimum Gasteiger partial charge on any atom is -0.397 e. The van der Waals surface area contributed by atoms with Crippen LogP contribution in [0.25, 0.3) is 0 Å². The van der Waals surface area contributed by atoms with Crippen molar-refractivity contribution in [2.45, 2.75) is 45.2 Å². The number of piperidine rings is 1. The van der Waals surface area contributed by atoms with Crippen molar-refractivity contribution in [1.82, 2.24) is 9.88 Å². The van der Waals surface area contributed by atoms with Gasteiger partial charge >= 0.3 is 0 Å². The Kier molecular flexibility index (Phi) is 3.78. The second-order valence-corrected chi connectivity index (χ2v) is 4.61. The molecule has 0 bridgehead atoms. The van der Waals surface area contributed by atoms with Crippen molar-refractivity contribution >= 4 is 5.69 Å². The van der Waals surface area contributed by atoms with Crippen LogP contribution in [0.2, 0.25) is 0 Å². The average Bonchev–Trinajstić information content (AvgIpc) is 2.33. The number of hydrogen-bond donors (Lipinski definition) is 1. The first-order chi connectivity index (χ1) is 7.79. The van der Waals surface area contributed by atoms with Gasteiger partial charge in [0.05, 0.1) is 17.6 Å². The van der Waals surface area contributed by atoms with E-state index in [-0.39, 0.29) is 0 Å². The van der Waals surface area contributed by atoms with Gasteiger partial charge in [-0.25, -0.2) is 0 Å². The molecule has 1 atom stereocenters. The lowest BCUT2D eigenvalue weighted by atomic mass is 10.00. The highest BCUT2D eigenvalue weighted by molar-refractivity contribution is 5.34. The van der Waals surface area contributed by atoms with Gasteiger partial charge < -0.3 is 5.73 Å². The zero-order valence-electron chi connectivity index (χ0n) is 10.0. The van der Waals surface area contributed by atoms with Gasteiger partial charge in [0.2, 0.25) is 0 Å². The molecular weight excluding hydrogens is 198 g/mol. The van der Waals surface area contributed by atoms with Crippen LogP contribution in [0.5, 0.6) is 0 Å². The van der Waals surface area contributed by atoms with E-state index in [1.54, 1.807) is 6.20 Å². The van der Waals surface area contributed by atoms with Crippen molar-refractivity contribution in [1.29, 1.82) is 0 Å². The molecule has 1 fully saturated rings. The summed E-state index contributed by atoms with van der Waals surface area (Å²) < 4.78 is 0. The van der Waals surface area contributed by atoms with Crippen LogP contribution in [0.15, 0.2) is 18.3 Å². The molecule has 0 amide bonds. The van der Waals surface area contributed by atoms with E-state index in [0.29, 0.717) is 0 Å². The lowest BCUT2D eigenvalue weighted by Crippen LogP contribution is -2.38. The monoisotopic (exact) mass is 219 g/mol. The topological polar surface area (TPSA) is 42.1 Å². The molecule has 1 saturated heterocycles. The Hall–Kier alpha value is -1.09. The van der Waals surface area contributed by atoms with Crippen LogP contribution in [0.3, 0.4) is 0 Å². The molecule has 1 aromatic heterocycles. The van der Waals surface area contributed by atoms with E-state index in [9.17, 15) is 0 Å². The van der Waals surface area contributed by atoms with E-state index in [1.807, 2.05) is 12.1 Å². The fraction of sp³-hybridized carbons (Fsp3) is 0.615. The quantitative estimate of drug-likeness (QED) is 0.849. The molecule has 3 nitrogen and oxygen atoms in total. The van der Waals surface area contributed by atoms with Crippen LogP contribution in [0.1, 0.15) is 38.3 Å². The summed E-state index contributed by atoms with van der Waals surface area (Å²) in [5.41, 5.74) is 7.52. The van der Waals surface area contributed by atoms with E-state index < -0.39 is 0 Å². The Labute approximate surface area is 97.7 Å². The maximum Gasteiger partial charge on any atom is 0.0545 e. The highest BCUT2D eigenvalue weighted by Crippen LogP contribution is 2.21. The summed E-state index contributed by atoms with van der Waals surface area (Å²) in [5.74, 6) is 0. The van der Waals surface area contributed by atoms with Crippen molar-refractivity contribution in [3.63, 3.8) is 0 Å². The smallest absolute Gasteiger partial charge is 0.0545 e. The number of pyridine rings is 1. The van der Waals surface area contributed by atoms with E-state index in [2.05, 4.69) is 16.8 Å². The second kappa shape index (κ2) is 5.30. The molecule has 0 spiro atoms.